The molecule has 5 heteroatoms. The summed E-state index contributed by atoms with van der Waals surface area (Å²) in [4.78, 5) is 3.88. The molecule has 2 rings (SSSR count). The summed E-state index contributed by atoms with van der Waals surface area (Å²) < 4.78 is 28.6. The van der Waals surface area contributed by atoms with Crippen LogP contribution in [0, 0.1) is 6.92 Å². The van der Waals surface area contributed by atoms with Crippen LogP contribution in [0.4, 0.5) is 8.78 Å². The molecule has 0 radical (unpaired) electrons. The molecule has 0 saturated carbocycles. The molecule has 2 aromatic heterocycles. The Morgan fingerprint density at radius 1 is 1.40 bits per heavy atom. The molecule has 2 nitrogen and oxygen atoms in total. The highest BCUT2D eigenvalue weighted by atomic mass is 79.9. The molecular weight excluding hydrogens is 266 g/mol. The van der Waals surface area contributed by atoms with E-state index in [1.165, 1.54) is 6.20 Å². The molecular formula is C10H9BrF2N2. The maximum atomic E-state index is 13.0. The van der Waals surface area contributed by atoms with Crippen LogP contribution in [0.1, 0.15) is 18.3 Å². The number of hydrogen-bond acceptors (Lipinski definition) is 1. The minimum Gasteiger partial charge on any atom is -0.303 e. The minimum atomic E-state index is -2.90. The number of halogens is 3. The second-order valence-corrected chi connectivity index (χ2v) is 4.36. The van der Waals surface area contributed by atoms with Gasteiger partial charge in [-0.3, -0.25) is 0 Å². The Hall–Kier alpha value is -0.970. The second kappa shape index (κ2) is 3.27. The number of alkyl halides is 2. The average molecular weight is 275 g/mol. The lowest BCUT2D eigenvalue weighted by Gasteiger charge is -2.04. The van der Waals surface area contributed by atoms with Gasteiger partial charge < -0.3 is 4.40 Å². The van der Waals surface area contributed by atoms with Gasteiger partial charge in [-0.15, -0.1) is 0 Å². The van der Waals surface area contributed by atoms with E-state index in [0.717, 1.165) is 17.1 Å². The third-order valence-electron chi connectivity index (χ3n) is 2.27. The number of imidazole rings is 1. The molecule has 0 aliphatic rings. The van der Waals surface area contributed by atoms with Crippen molar-refractivity contribution < 1.29 is 8.78 Å². The molecule has 0 aromatic carbocycles. The predicted molar refractivity (Wildman–Crippen MR) is 57.2 cm³/mol. The monoisotopic (exact) mass is 274 g/mol. The van der Waals surface area contributed by atoms with Crippen LogP contribution in [-0.4, -0.2) is 9.38 Å². The molecule has 0 fully saturated rings. The van der Waals surface area contributed by atoms with Crippen molar-refractivity contribution in [2.45, 2.75) is 19.8 Å². The van der Waals surface area contributed by atoms with Crippen LogP contribution in [0.15, 0.2) is 22.8 Å². The van der Waals surface area contributed by atoms with Crippen molar-refractivity contribution in [3.63, 3.8) is 0 Å². The normalized spacial score (nSPS) is 12.3. The van der Waals surface area contributed by atoms with Crippen LogP contribution >= 0.6 is 15.9 Å². The van der Waals surface area contributed by atoms with Gasteiger partial charge in [-0.05, 0) is 35.0 Å². The van der Waals surface area contributed by atoms with E-state index in [1.54, 1.807) is 16.5 Å². The largest absolute Gasteiger partial charge is 0.303 e. The molecule has 0 spiro atoms. The highest BCUT2D eigenvalue weighted by Crippen LogP contribution is 2.27. The van der Waals surface area contributed by atoms with Gasteiger partial charge in [0.05, 0.1) is 0 Å². The minimum absolute atomic E-state index is 0.205. The van der Waals surface area contributed by atoms with Crippen LogP contribution in [0.5, 0.6) is 0 Å². The van der Waals surface area contributed by atoms with E-state index in [1.807, 2.05) is 6.92 Å². The Kier molecular flexibility index (Phi) is 2.30. The summed E-state index contributed by atoms with van der Waals surface area (Å²) in [5, 5.41) is 0. The molecule has 80 valence electrons. The van der Waals surface area contributed by atoms with Crippen molar-refractivity contribution in [2.24, 2.45) is 0 Å². The van der Waals surface area contributed by atoms with E-state index in [0.29, 0.717) is 5.65 Å². The van der Waals surface area contributed by atoms with E-state index < -0.39 is 5.92 Å². The molecule has 0 saturated heterocycles. The summed E-state index contributed by atoms with van der Waals surface area (Å²) in [6, 6.07) is 3.50. The quantitative estimate of drug-likeness (QED) is 0.778. The van der Waals surface area contributed by atoms with E-state index >= 15 is 0 Å². The topological polar surface area (TPSA) is 17.3 Å². The number of rotatable bonds is 1. The van der Waals surface area contributed by atoms with Crippen molar-refractivity contribution in [3.05, 3.63) is 34.2 Å². The molecule has 0 bridgehead atoms. The first-order valence-corrected chi connectivity index (χ1v) is 5.21. The SMILES string of the molecule is Cc1c(Br)ccc2nc(C(C)(F)F)cn12. The molecule has 2 aromatic rings. The van der Waals surface area contributed by atoms with Gasteiger partial charge in [0.2, 0.25) is 0 Å². The Morgan fingerprint density at radius 2 is 2.07 bits per heavy atom. The maximum Gasteiger partial charge on any atom is 0.288 e. The molecule has 2 heterocycles. The summed E-state index contributed by atoms with van der Waals surface area (Å²) in [7, 11) is 0. The Labute approximate surface area is 94.1 Å². The van der Waals surface area contributed by atoms with Crippen molar-refractivity contribution in [1.29, 1.82) is 0 Å². The van der Waals surface area contributed by atoms with Gasteiger partial charge in [-0.2, -0.15) is 8.78 Å². The zero-order valence-electron chi connectivity index (χ0n) is 8.26. The summed E-state index contributed by atoms with van der Waals surface area (Å²) in [6.07, 6.45) is 1.37. The molecule has 0 unspecified atom stereocenters. The van der Waals surface area contributed by atoms with Gasteiger partial charge in [0.25, 0.3) is 5.92 Å². The number of aryl methyl sites for hydroxylation is 1. The Morgan fingerprint density at radius 3 is 2.67 bits per heavy atom. The molecule has 0 atom stereocenters. The first kappa shape index (κ1) is 10.5. The smallest absolute Gasteiger partial charge is 0.288 e. The standard InChI is InChI=1S/C10H9BrF2N2/c1-6-7(11)3-4-9-14-8(5-15(6)9)10(2,12)13/h3-5H,1-2H3. The number of nitrogens with zero attached hydrogens (tertiary/aromatic N) is 2. The highest BCUT2D eigenvalue weighted by Gasteiger charge is 2.27. The van der Waals surface area contributed by atoms with Crippen LogP contribution in [0.3, 0.4) is 0 Å². The third-order valence-corrected chi connectivity index (χ3v) is 3.11. The summed E-state index contributed by atoms with van der Waals surface area (Å²) in [6.45, 7) is 2.69. The zero-order valence-corrected chi connectivity index (χ0v) is 9.85. The lowest BCUT2D eigenvalue weighted by atomic mass is 10.3. The second-order valence-electron chi connectivity index (χ2n) is 3.51. The van der Waals surface area contributed by atoms with Gasteiger partial charge in [0, 0.05) is 23.3 Å². The van der Waals surface area contributed by atoms with Crippen molar-refractivity contribution in [2.75, 3.05) is 0 Å². The predicted octanol–water partition coefficient (Wildman–Crippen LogP) is 3.52. The van der Waals surface area contributed by atoms with Crippen LogP contribution in [0.2, 0.25) is 0 Å². The van der Waals surface area contributed by atoms with Gasteiger partial charge in [-0.25, -0.2) is 4.98 Å². The van der Waals surface area contributed by atoms with Crippen LogP contribution < -0.4 is 0 Å². The maximum absolute atomic E-state index is 13.0. The van der Waals surface area contributed by atoms with E-state index in [9.17, 15) is 8.78 Å². The van der Waals surface area contributed by atoms with Crippen molar-refractivity contribution >= 4 is 21.6 Å². The first-order chi connectivity index (χ1) is 6.89. The third kappa shape index (κ3) is 1.76. The van der Waals surface area contributed by atoms with Crippen molar-refractivity contribution in [1.82, 2.24) is 9.38 Å². The van der Waals surface area contributed by atoms with Crippen LogP contribution in [0.25, 0.3) is 5.65 Å². The van der Waals surface area contributed by atoms with Crippen LogP contribution in [-0.2, 0) is 5.92 Å². The fourth-order valence-corrected chi connectivity index (χ4v) is 1.70. The van der Waals surface area contributed by atoms with Gasteiger partial charge in [0.15, 0.2) is 0 Å². The molecule has 15 heavy (non-hydrogen) atoms. The number of hydrogen-bond donors (Lipinski definition) is 0. The Balaban J connectivity index is 2.72. The van der Waals surface area contributed by atoms with E-state index in [4.69, 9.17) is 0 Å². The van der Waals surface area contributed by atoms with Gasteiger partial charge in [-0.1, -0.05) is 0 Å². The van der Waals surface area contributed by atoms with Gasteiger partial charge >= 0.3 is 0 Å². The van der Waals surface area contributed by atoms with Gasteiger partial charge in [0.1, 0.15) is 11.3 Å². The number of aromatic nitrogens is 2. The lowest BCUT2D eigenvalue weighted by molar-refractivity contribution is 0.0133. The molecule has 0 amide bonds. The average Bonchev–Trinajstić information content (AvgIpc) is 2.55. The summed E-state index contributed by atoms with van der Waals surface area (Å²) in [5.74, 6) is -2.90. The Bertz CT molecular complexity index is 514. The fourth-order valence-electron chi connectivity index (χ4n) is 1.38. The van der Waals surface area contributed by atoms with Crippen molar-refractivity contribution in [3.8, 4) is 0 Å². The number of fused-ring (bicyclic) bond motifs is 1. The zero-order chi connectivity index (χ0) is 11.2. The summed E-state index contributed by atoms with van der Waals surface area (Å²) >= 11 is 3.34. The van der Waals surface area contributed by atoms with E-state index in [-0.39, 0.29) is 5.69 Å². The summed E-state index contributed by atoms with van der Waals surface area (Å²) in [5.41, 5.74) is 1.19. The fraction of sp³-hybridized carbons (Fsp3) is 0.300. The first-order valence-electron chi connectivity index (χ1n) is 4.42. The van der Waals surface area contributed by atoms with E-state index in [2.05, 4.69) is 20.9 Å². The highest BCUT2D eigenvalue weighted by molar-refractivity contribution is 9.10. The number of pyridine rings is 1. The molecule has 0 aliphatic heterocycles. The molecule has 0 N–H and O–H groups in total. The lowest BCUT2D eigenvalue weighted by Crippen LogP contribution is -2.06. The molecule has 0 aliphatic carbocycles.